The Hall–Kier alpha value is -1.35. The van der Waals surface area contributed by atoms with Crippen molar-refractivity contribution in [1.82, 2.24) is 0 Å². The minimum absolute atomic E-state index is 0.230. The first-order valence-electron chi connectivity index (χ1n) is 5.77. The maximum absolute atomic E-state index is 13.8. The molecule has 18 heavy (non-hydrogen) atoms. The first-order chi connectivity index (χ1) is 8.74. The van der Waals surface area contributed by atoms with E-state index in [1.165, 1.54) is 6.07 Å². The third-order valence-corrected chi connectivity index (χ3v) is 3.02. The second-order valence-electron chi connectivity index (χ2n) is 3.97. The molecule has 0 unspecified atom stereocenters. The lowest BCUT2D eigenvalue weighted by molar-refractivity contribution is 0.344. The van der Waals surface area contributed by atoms with Crippen LogP contribution in [0.25, 0.3) is 11.1 Å². The Bertz CT molecular complexity index is 540. The average Bonchev–Trinajstić information content (AvgIpc) is 2.38. The Morgan fingerprint density at radius 2 is 1.78 bits per heavy atom. The molecular formula is C15H14BrFO. The molecule has 0 aliphatic rings. The summed E-state index contributed by atoms with van der Waals surface area (Å²) >= 11 is 3.33. The predicted molar refractivity (Wildman–Crippen MR) is 75.9 cm³/mol. The van der Waals surface area contributed by atoms with Gasteiger partial charge in [-0.2, -0.15) is 0 Å². The zero-order valence-corrected chi connectivity index (χ0v) is 11.7. The zero-order valence-electron chi connectivity index (χ0n) is 10.1. The van der Waals surface area contributed by atoms with Gasteiger partial charge in [0.2, 0.25) is 0 Å². The lowest BCUT2D eigenvalue weighted by Crippen LogP contribution is -2.01. The van der Waals surface area contributed by atoms with Crippen LogP contribution in [0.2, 0.25) is 0 Å². The molecule has 0 bridgehead atoms. The van der Waals surface area contributed by atoms with E-state index in [1.807, 2.05) is 31.2 Å². The van der Waals surface area contributed by atoms with Crippen LogP contribution in [0, 0.1) is 12.7 Å². The van der Waals surface area contributed by atoms with Gasteiger partial charge >= 0.3 is 0 Å². The summed E-state index contributed by atoms with van der Waals surface area (Å²) in [5.74, 6) is 0.522. The number of hydrogen-bond donors (Lipinski definition) is 0. The summed E-state index contributed by atoms with van der Waals surface area (Å²) in [5.41, 5.74) is 2.39. The van der Waals surface area contributed by atoms with Gasteiger partial charge in [-0.3, -0.25) is 0 Å². The van der Waals surface area contributed by atoms with Crippen LogP contribution in [-0.2, 0) is 0 Å². The molecule has 0 radical (unpaired) electrons. The van der Waals surface area contributed by atoms with Gasteiger partial charge in [0.15, 0.2) is 0 Å². The number of ether oxygens (including phenoxy) is 1. The largest absolute Gasteiger partial charge is 0.492 e. The molecule has 0 aliphatic heterocycles. The third-order valence-electron chi connectivity index (χ3n) is 2.70. The smallest absolute Gasteiger partial charge is 0.131 e. The Labute approximate surface area is 115 Å². The molecule has 3 heteroatoms. The second-order valence-corrected chi connectivity index (χ2v) is 4.76. The maximum atomic E-state index is 13.8. The van der Waals surface area contributed by atoms with Crippen molar-refractivity contribution in [2.45, 2.75) is 6.92 Å². The molecule has 2 aromatic carbocycles. The van der Waals surface area contributed by atoms with E-state index in [4.69, 9.17) is 4.74 Å². The second kappa shape index (κ2) is 6.01. The Morgan fingerprint density at radius 3 is 2.50 bits per heavy atom. The minimum atomic E-state index is -0.230. The van der Waals surface area contributed by atoms with Crippen molar-refractivity contribution >= 4 is 15.9 Å². The third kappa shape index (κ3) is 2.72. The van der Waals surface area contributed by atoms with Crippen molar-refractivity contribution in [2.75, 3.05) is 11.9 Å². The van der Waals surface area contributed by atoms with Crippen molar-refractivity contribution < 1.29 is 9.13 Å². The van der Waals surface area contributed by atoms with Crippen molar-refractivity contribution in [3.63, 3.8) is 0 Å². The number of rotatable bonds is 4. The van der Waals surface area contributed by atoms with Crippen LogP contribution in [0.1, 0.15) is 5.56 Å². The average molecular weight is 309 g/mol. The predicted octanol–water partition coefficient (Wildman–Crippen LogP) is 4.57. The Balaban J connectivity index is 2.50. The number of hydrogen-bond acceptors (Lipinski definition) is 1. The molecule has 0 amide bonds. The van der Waals surface area contributed by atoms with Gasteiger partial charge in [-0.05, 0) is 18.6 Å². The van der Waals surface area contributed by atoms with E-state index >= 15 is 0 Å². The van der Waals surface area contributed by atoms with E-state index in [1.54, 1.807) is 12.1 Å². The van der Waals surface area contributed by atoms with E-state index in [0.29, 0.717) is 12.2 Å². The minimum Gasteiger partial charge on any atom is -0.492 e. The zero-order chi connectivity index (χ0) is 13.0. The molecule has 0 spiro atoms. The molecular weight excluding hydrogens is 295 g/mol. The molecule has 0 aromatic heterocycles. The molecule has 0 aliphatic carbocycles. The summed E-state index contributed by atoms with van der Waals surface area (Å²) in [5, 5.41) is 0.748. The van der Waals surface area contributed by atoms with Crippen LogP contribution >= 0.6 is 15.9 Å². The van der Waals surface area contributed by atoms with Crippen molar-refractivity contribution in [1.29, 1.82) is 0 Å². The van der Waals surface area contributed by atoms with E-state index in [-0.39, 0.29) is 5.82 Å². The molecule has 0 heterocycles. The highest BCUT2D eigenvalue weighted by atomic mass is 79.9. The van der Waals surface area contributed by atoms with Gasteiger partial charge in [0.25, 0.3) is 0 Å². The molecule has 1 nitrogen and oxygen atoms in total. The summed E-state index contributed by atoms with van der Waals surface area (Å²) in [6.07, 6.45) is 0. The normalized spacial score (nSPS) is 10.4. The number of aryl methyl sites for hydroxylation is 1. The summed E-state index contributed by atoms with van der Waals surface area (Å²) in [7, 11) is 0. The standard InChI is InChI=1S/C15H14BrFO/c1-11-5-4-7-13(15(11)18-10-9-16)12-6-2-3-8-14(12)17/h2-8H,9-10H2,1H3. The summed E-state index contributed by atoms with van der Waals surface area (Å²) in [4.78, 5) is 0. The van der Waals surface area contributed by atoms with Crippen LogP contribution < -0.4 is 4.74 Å². The molecule has 0 N–H and O–H groups in total. The molecule has 94 valence electrons. The number of alkyl halides is 1. The van der Waals surface area contributed by atoms with Gasteiger partial charge in [0.1, 0.15) is 11.6 Å². The van der Waals surface area contributed by atoms with E-state index in [0.717, 1.165) is 22.2 Å². The highest BCUT2D eigenvalue weighted by Gasteiger charge is 2.12. The fourth-order valence-electron chi connectivity index (χ4n) is 1.88. The Kier molecular flexibility index (Phi) is 4.37. The molecule has 2 aromatic rings. The van der Waals surface area contributed by atoms with Crippen molar-refractivity contribution in [3.05, 3.63) is 53.8 Å². The van der Waals surface area contributed by atoms with Crippen molar-refractivity contribution in [3.8, 4) is 16.9 Å². The van der Waals surface area contributed by atoms with E-state index in [2.05, 4.69) is 15.9 Å². The fourth-order valence-corrected chi connectivity index (χ4v) is 2.04. The lowest BCUT2D eigenvalue weighted by Gasteiger charge is -2.14. The van der Waals surface area contributed by atoms with Crippen LogP contribution in [0.15, 0.2) is 42.5 Å². The quantitative estimate of drug-likeness (QED) is 0.752. The highest BCUT2D eigenvalue weighted by Crippen LogP contribution is 2.34. The number of para-hydroxylation sites is 1. The van der Waals surface area contributed by atoms with Gasteiger partial charge in [0, 0.05) is 16.5 Å². The van der Waals surface area contributed by atoms with E-state index < -0.39 is 0 Å². The summed E-state index contributed by atoms with van der Waals surface area (Å²) in [6.45, 7) is 2.53. The van der Waals surface area contributed by atoms with Crippen LogP contribution in [0.3, 0.4) is 0 Å². The van der Waals surface area contributed by atoms with Gasteiger partial charge in [-0.25, -0.2) is 4.39 Å². The molecule has 0 saturated carbocycles. The molecule has 0 fully saturated rings. The molecule has 0 saturated heterocycles. The molecule has 2 rings (SSSR count). The molecule has 0 atom stereocenters. The maximum Gasteiger partial charge on any atom is 0.131 e. The van der Waals surface area contributed by atoms with Crippen LogP contribution in [-0.4, -0.2) is 11.9 Å². The SMILES string of the molecule is Cc1cccc(-c2ccccc2F)c1OCCBr. The first kappa shape index (κ1) is 13.1. The van der Waals surface area contributed by atoms with Gasteiger partial charge < -0.3 is 4.74 Å². The topological polar surface area (TPSA) is 9.23 Å². The van der Waals surface area contributed by atoms with Crippen LogP contribution in [0.5, 0.6) is 5.75 Å². The lowest BCUT2D eigenvalue weighted by atomic mass is 10.0. The first-order valence-corrected chi connectivity index (χ1v) is 6.89. The van der Waals surface area contributed by atoms with Crippen molar-refractivity contribution in [2.24, 2.45) is 0 Å². The summed E-state index contributed by atoms with van der Waals surface area (Å²) in [6, 6.07) is 12.5. The summed E-state index contributed by atoms with van der Waals surface area (Å²) < 4.78 is 19.6. The highest BCUT2D eigenvalue weighted by molar-refractivity contribution is 9.09. The number of benzene rings is 2. The van der Waals surface area contributed by atoms with E-state index in [9.17, 15) is 4.39 Å². The monoisotopic (exact) mass is 308 g/mol. The Morgan fingerprint density at radius 1 is 1.06 bits per heavy atom. The van der Waals surface area contributed by atoms with Crippen LogP contribution in [0.4, 0.5) is 4.39 Å². The number of halogens is 2. The fraction of sp³-hybridized carbons (Fsp3) is 0.200. The van der Waals surface area contributed by atoms with Gasteiger partial charge in [-0.15, -0.1) is 0 Å². The van der Waals surface area contributed by atoms with Gasteiger partial charge in [0.05, 0.1) is 6.61 Å². The van der Waals surface area contributed by atoms with Gasteiger partial charge in [-0.1, -0.05) is 52.3 Å².